The third kappa shape index (κ3) is 2.46. The molecule has 2 aromatic carbocycles. The number of hydrogen-bond acceptors (Lipinski definition) is 4. The molecule has 4 rings (SSSR count). The van der Waals surface area contributed by atoms with Crippen LogP contribution in [0.4, 0.5) is 0 Å². The van der Waals surface area contributed by atoms with Gasteiger partial charge in [-0.1, -0.05) is 12.1 Å². The molecular weight excluding hydrogens is 326 g/mol. The average molecular weight is 343 g/mol. The molecule has 0 spiro atoms. The van der Waals surface area contributed by atoms with Crippen LogP contribution in [-0.4, -0.2) is 24.2 Å². The van der Waals surface area contributed by atoms with Crippen LogP contribution in [-0.2, 0) is 7.05 Å². The fourth-order valence-corrected chi connectivity index (χ4v) is 3.22. The van der Waals surface area contributed by atoms with Gasteiger partial charge in [-0.25, -0.2) is 9.97 Å². The summed E-state index contributed by atoms with van der Waals surface area (Å²) in [5.74, 6) is 1.33. The Morgan fingerprint density at radius 1 is 1.19 bits per heavy atom. The molecule has 0 aliphatic rings. The topological polar surface area (TPSA) is 79.7 Å². The Kier molecular flexibility index (Phi) is 3.79. The maximum Gasteiger partial charge on any atom is 0.145 e. The van der Waals surface area contributed by atoms with Gasteiger partial charge < -0.3 is 9.67 Å². The van der Waals surface area contributed by atoms with Gasteiger partial charge in [-0.15, -0.1) is 0 Å². The molecule has 0 bridgehead atoms. The van der Waals surface area contributed by atoms with E-state index in [1.165, 1.54) is 0 Å². The highest BCUT2D eigenvalue weighted by atomic mass is 16.3. The van der Waals surface area contributed by atoms with Crippen molar-refractivity contribution < 1.29 is 5.11 Å². The molecule has 0 saturated carbocycles. The SMILES string of the molecule is CC(O)c1nc2cc(-n3ccnc3-c3ccccc3C#N)ccc2n1C. The van der Waals surface area contributed by atoms with Crippen molar-refractivity contribution in [2.45, 2.75) is 13.0 Å². The van der Waals surface area contributed by atoms with Crippen LogP contribution in [0, 0.1) is 11.3 Å². The van der Waals surface area contributed by atoms with Gasteiger partial charge in [-0.2, -0.15) is 5.26 Å². The quantitative estimate of drug-likeness (QED) is 0.619. The van der Waals surface area contributed by atoms with Crippen LogP contribution < -0.4 is 0 Å². The van der Waals surface area contributed by atoms with Crippen molar-refractivity contribution in [3.63, 3.8) is 0 Å². The van der Waals surface area contributed by atoms with Gasteiger partial charge in [0, 0.05) is 30.7 Å². The van der Waals surface area contributed by atoms with Crippen LogP contribution in [0.2, 0.25) is 0 Å². The highest BCUT2D eigenvalue weighted by Gasteiger charge is 2.15. The second kappa shape index (κ2) is 6.14. The molecule has 0 saturated heterocycles. The number of imidazole rings is 2. The Hall–Kier alpha value is -3.43. The normalized spacial score (nSPS) is 12.2. The summed E-state index contributed by atoms with van der Waals surface area (Å²) in [6.07, 6.45) is 2.94. The molecule has 0 radical (unpaired) electrons. The second-order valence-electron chi connectivity index (χ2n) is 6.16. The smallest absolute Gasteiger partial charge is 0.145 e. The van der Waals surface area contributed by atoms with Crippen molar-refractivity contribution in [1.82, 2.24) is 19.1 Å². The third-order valence-corrected chi connectivity index (χ3v) is 4.48. The highest BCUT2D eigenvalue weighted by molar-refractivity contribution is 5.79. The van der Waals surface area contributed by atoms with E-state index in [9.17, 15) is 10.4 Å². The van der Waals surface area contributed by atoms with Crippen LogP contribution in [0.25, 0.3) is 28.1 Å². The fourth-order valence-electron chi connectivity index (χ4n) is 3.22. The van der Waals surface area contributed by atoms with Crippen molar-refractivity contribution in [2.24, 2.45) is 7.05 Å². The molecule has 6 heteroatoms. The molecule has 4 aromatic rings. The molecule has 1 unspecified atom stereocenters. The Morgan fingerprint density at radius 3 is 2.77 bits per heavy atom. The number of benzene rings is 2. The average Bonchev–Trinajstić information content (AvgIpc) is 3.26. The lowest BCUT2D eigenvalue weighted by molar-refractivity contribution is 0.186. The lowest BCUT2D eigenvalue weighted by Gasteiger charge is -2.09. The summed E-state index contributed by atoms with van der Waals surface area (Å²) in [6, 6.07) is 15.5. The van der Waals surface area contributed by atoms with Crippen molar-refractivity contribution in [1.29, 1.82) is 5.26 Å². The molecule has 1 atom stereocenters. The number of nitrogens with zero attached hydrogens (tertiary/aromatic N) is 5. The standard InChI is InChI=1S/C20H17N5O/c1-13(26)19-23-17-11-15(7-8-18(17)24(19)2)25-10-9-22-20(25)16-6-4-3-5-14(16)12-21/h3-11,13,26H,1-2H3. The van der Waals surface area contributed by atoms with Crippen molar-refractivity contribution in [3.8, 4) is 23.1 Å². The number of rotatable bonds is 3. The molecule has 0 aliphatic carbocycles. The summed E-state index contributed by atoms with van der Waals surface area (Å²) in [6.45, 7) is 1.70. The number of fused-ring (bicyclic) bond motifs is 1. The maximum atomic E-state index is 9.88. The van der Waals surface area contributed by atoms with E-state index in [0.29, 0.717) is 17.2 Å². The summed E-state index contributed by atoms with van der Waals surface area (Å²) >= 11 is 0. The molecule has 6 nitrogen and oxygen atoms in total. The first-order valence-electron chi connectivity index (χ1n) is 8.28. The number of aliphatic hydroxyl groups excluding tert-OH is 1. The number of aryl methyl sites for hydroxylation is 1. The fraction of sp³-hybridized carbons (Fsp3) is 0.150. The Balaban J connectivity index is 1.88. The molecule has 128 valence electrons. The van der Waals surface area contributed by atoms with Crippen LogP contribution in [0.5, 0.6) is 0 Å². The van der Waals surface area contributed by atoms with Gasteiger partial charge in [0.2, 0.25) is 0 Å². The van der Waals surface area contributed by atoms with Gasteiger partial charge in [0.1, 0.15) is 17.8 Å². The number of aromatic nitrogens is 4. The molecule has 2 heterocycles. The summed E-state index contributed by atoms with van der Waals surface area (Å²) in [4.78, 5) is 8.99. The first kappa shape index (κ1) is 16.1. The van der Waals surface area contributed by atoms with Gasteiger partial charge in [-0.05, 0) is 37.3 Å². The first-order chi connectivity index (χ1) is 12.6. The van der Waals surface area contributed by atoms with Gasteiger partial charge in [0.25, 0.3) is 0 Å². The minimum Gasteiger partial charge on any atom is -0.385 e. The van der Waals surface area contributed by atoms with E-state index in [1.807, 2.05) is 58.8 Å². The van der Waals surface area contributed by atoms with Crippen LogP contribution in [0.15, 0.2) is 54.9 Å². The summed E-state index contributed by atoms with van der Waals surface area (Å²) < 4.78 is 3.83. The van der Waals surface area contributed by atoms with Gasteiger partial charge in [0.15, 0.2) is 0 Å². The van der Waals surface area contributed by atoms with Crippen molar-refractivity contribution in [3.05, 3.63) is 66.2 Å². The lowest BCUT2D eigenvalue weighted by atomic mass is 10.1. The van der Waals surface area contributed by atoms with Crippen LogP contribution >= 0.6 is 0 Å². The Bertz CT molecular complexity index is 1150. The minimum atomic E-state index is -0.637. The lowest BCUT2D eigenvalue weighted by Crippen LogP contribution is -2.01. The third-order valence-electron chi connectivity index (χ3n) is 4.48. The molecule has 0 aliphatic heterocycles. The van der Waals surface area contributed by atoms with Gasteiger partial charge >= 0.3 is 0 Å². The monoisotopic (exact) mass is 343 g/mol. The Morgan fingerprint density at radius 2 is 2.00 bits per heavy atom. The maximum absolute atomic E-state index is 9.88. The summed E-state index contributed by atoms with van der Waals surface area (Å²) in [5.41, 5.74) is 4.01. The zero-order valence-corrected chi connectivity index (χ0v) is 14.5. The summed E-state index contributed by atoms with van der Waals surface area (Å²) in [5, 5.41) is 19.3. The van der Waals surface area contributed by atoms with Crippen LogP contribution in [0.3, 0.4) is 0 Å². The second-order valence-corrected chi connectivity index (χ2v) is 6.16. The molecular formula is C20H17N5O. The van der Waals surface area contributed by atoms with E-state index in [2.05, 4.69) is 16.0 Å². The van der Waals surface area contributed by atoms with E-state index in [4.69, 9.17) is 0 Å². The van der Waals surface area contributed by atoms with Gasteiger partial charge in [-0.3, -0.25) is 4.57 Å². The zero-order chi connectivity index (χ0) is 18.3. The van der Waals surface area contributed by atoms with Crippen molar-refractivity contribution >= 4 is 11.0 Å². The largest absolute Gasteiger partial charge is 0.385 e. The number of aliphatic hydroxyl groups is 1. The predicted octanol–water partition coefficient (Wildman–Crippen LogP) is 3.35. The first-order valence-corrected chi connectivity index (χ1v) is 8.28. The molecule has 0 amide bonds. The van der Waals surface area contributed by atoms with E-state index < -0.39 is 6.10 Å². The highest BCUT2D eigenvalue weighted by Crippen LogP contribution is 2.27. The molecule has 1 N–H and O–H groups in total. The van der Waals surface area contributed by atoms with Gasteiger partial charge in [0.05, 0.1) is 22.7 Å². The Labute approximate surface area is 150 Å². The number of hydrogen-bond donors (Lipinski definition) is 1. The molecule has 26 heavy (non-hydrogen) atoms. The zero-order valence-electron chi connectivity index (χ0n) is 14.5. The molecule has 2 aromatic heterocycles. The summed E-state index contributed by atoms with van der Waals surface area (Å²) in [7, 11) is 1.89. The van der Waals surface area contributed by atoms with E-state index in [-0.39, 0.29) is 0 Å². The van der Waals surface area contributed by atoms with Crippen molar-refractivity contribution in [2.75, 3.05) is 0 Å². The molecule has 0 fully saturated rings. The predicted molar refractivity (Wildman–Crippen MR) is 98.6 cm³/mol. The van der Waals surface area contributed by atoms with E-state index in [0.717, 1.165) is 22.3 Å². The van der Waals surface area contributed by atoms with Crippen LogP contribution in [0.1, 0.15) is 24.4 Å². The minimum absolute atomic E-state index is 0.579. The van der Waals surface area contributed by atoms with E-state index >= 15 is 0 Å². The number of nitriles is 1. The van der Waals surface area contributed by atoms with E-state index in [1.54, 1.807) is 19.2 Å².